The molecular formula is C45H30N6. The Hall–Kier alpha value is -7.05. The van der Waals surface area contributed by atoms with Crippen molar-refractivity contribution < 1.29 is 0 Å². The van der Waals surface area contributed by atoms with E-state index in [1.165, 1.54) is 0 Å². The number of aromatic nitrogens is 6. The Bertz CT molecular complexity index is 2520. The Morgan fingerprint density at radius 2 is 0.588 bits per heavy atom. The molecule has 0 radical (unpaired) electrons. The summed E-state index contributed by atoms with van der Waals surface area (Å²) in [6.45, 7) is 0. The van der Waals surface area contributed by atoms with Crippen LogP contribution in [-0.2, 0) is 0 Å². The zero-order chi connectivity index (χ0) is 33.7. The maximum atomic E-state index is 4.97. The molecule has 0 bridgehead atoms. The van der Waals surface area contributed by atoms with Crippen molar-refractivity contribution in [1.82, 2.24) is 28.7 Å². The van der Waals surface area contributed by atoms with Gasteiger partial charge in [0.05, 0.1) is 50.2 Å². The van der Waals surface area contributed by atoms with Gasteiger partial charge in [-0.1, -0.05) is 127 Å². The van der Waals surface area contributed by atoms with Gasteiger partial charge in [0.25, 0.3) is 0 Å². The van der Waals surface area contributed by atoms with Crippen LogP contribution in [0.4, 0.5) is 0 Å². The van der Waals surface area contributed by atoms with Crippen molar-refractivity contribution in [1.29, 1.82) is 0 Å². The molecule has 0 amide bonds. The molecule has 0 aliphatic carbocycles. The zero-order valence-electron chi connectivity index (χ0n) is 27.5. The lowest BCUT2D eigenvalue weighted by Crippen LogP contribution is -2.02. The van der Waals surface area contributed by atoms with Gasteiger partial charge < -0.3 is 0 Å². The van der Waals surface area contributed by atoms with E-state index < -0.39 is 0 Å². The zero-order valence-corrected chi connectivity index (χ0v) is 27.5. The smallest absolute Gasteiger partial charge is 0.100 e. The van der Waals surface area contributed by atoms with Gasteiger partial charge >= 0.3 is 0 Å². The fourth-order valence-corrected chi connectivity index (χ4v) is 7.28. The standard InChI is InChI=1S/C45H30N6/c1-4-13-31(14-5-1)37-19-10-22-40-43(37)46-28-49(40)34-25-35(50-29-47-44-38(20-11-23-41(44)50)32-15-6-2-7-16-32)27-36(26-34)51-30-48-45-39(21-12-24-42(45)51)33-17-8-3-9-18-33/h1-30H. The van der Waals surface area contributed by atoms with Crippen LogP contribution < -0.4 is 0 Å². The van der Waals surface area contributed by atoms with E-state index in [-0.39, 0.29) is 0 Å². The summed E-state index contributed by atoms with van der Waals surface area (Å²) in [6, 6.07) is 57.1. The minimum absolute atomic E-state index is 0.955. The van der Waals surface area contributed by atoms with Gasteiger partial charge in [-0.3, -0.25) is 13.7 Å². The van der Waals surface area contributed by atoms with Crippen LogP contribution >= 0.6 is 0 Å². The maximum Gasteiger partial charge on any atom is 0.100 e. The number of hydrogen-bond acceptors (Lipinski definition) is 3. The molecule has 0 unspecified atom stereocenters. The molecule has 0 aliphatic heterocycles. The summed E-state index contributed by atoms with van der Waals surface area (Å²) in [5, 5.41) is 0. The molecule has 0 spiro atoms. The number of imidazole rings is 3. The molecule has 0 fully saturated rings. The molecule has 240 valence electrons. The molecule has 10 aromatic rings. The molecule has 3 heterocycles. The number of rotatable bonds is 6. The monoisotopic (exact) mass is 654 g/mol. The topological polar surface area (TPSA) is 53.5 Å². The third kappa shape index (κ3) is 4.84. The van der Waals surface area contributed by atoms with Crippen molar-refractivity contribution in [2.24, 2.45) is 0 Å². The van der Waals surface area contributed by atoms with Gasteiger partial charge in [0.15, 0.2) is 0 Å². The van der Waals surface area contributed by atoms with Crippen LogP contribution in [0.1, 0.15) is 0 Å². The van der Waals surface area contributed by atoms with Crippen LogP contribution in [0.5, 0.6) is 0 Å². The number of nitrogens with zero attached hydrogens (tertiary/aromatic N) is 6. The fourth-order valence-electron chi connectivity index (χ4n) is 7.28. The number of fused-ring (bicyclic) bond motifs is 3. The number of hydrogen-bond donors (Lipinski definition) is 0. The lowest BCUT2D eigenvalue weighted by Gasteiger charge is -2.14. The van der Waals surface area contributed by atoms with E-state index in [0.717, 1.165) is 83.5 Å². The molecule has 0 atom stereocenters. The highest BCUT2D eigenvalue weighted by Crippen LogP contribution is 2.35. The van der Waals surface area contributed by atoms with Crippen LogP contribution in [0.3, 0.4) is 0 Å². The first-order chi connectivity index (χ1) is 25.3. The quantitative estimate of drug-likeness (QED) is 0.179. The summed E-state index contributed by atoms with van der Waals surface area (Å²) in [5.74, 6) is 0. The predicted molar refractivity (Wildman–Crippen MR) is 207 cm³/mol. The van der Waals surface area contributed by atoms with E-state index in [0.29, 0.717) is 0 Å². The Kier molecular flexibility index (Phi) is 6.70. The summed E-state index contributed by atoms with van der Waals surface area (Å²) >= 11 is 0. The first-order valence-corrected chi connectivity index (χ1v) is 17.0. The average Bonchev–Trinajstić information content (AvgIpc) is 3.96. The Morgan fingerprint density at radius 1 is 0.294 bits per heavy atom. The molecule has 7 aromatic carbocycles. The van der Waals surface area contributed by atoms with Crippen molar-refractivity contribution in [3.8, 4) is 50.4 Å². The lowest BCUT2D eigenvalue weighted by atomic mass is 10.0. The van der Waals surface area contributed by atoms with Crippen LogP contribution in [0.15, 0.2) is 183 Å². The second-order valence-corrected chi connectivity index (χ2v) is 12.7. The molecular weight excluding hydrogens is 625 g/mol. The average molecular weight is 655 g/mol. The third-order valence-electron chi connectivity index (χ3n) is 9.71. The van der Waals surface area contributed by atoms with Crippen molar-refractivity contribution >= 4 is 33.1 Å². The molecule has 51 heavy (non-hydrogen) atoms. The van der Waals surface area contributed by atoms with Gasteiger partial charge in [0.1, 0.15) is 19.0 Å². The first kappa shape index (κ1) is 28.9. The van der Waals surface area contributed by atoms with Crippen molar-refractivity contribution in [3.05, 3.63) is 183 Å². The highest BCUT2D eigenvalue weighted by Gasteiger charge is 2.17. The molecule has 3 aromatic heterocycles. The van der Waals surface area contributed by atoms with E-state index in [1.54, 1.807) is 0 Å². The molecule has 6 heteroatoms. The van der Waals surface area contributed by atoms with Gasteiger partial charge in [-0.2, -0.15) is 0 Å². The third-order valence-corrected chi connectivity index (χ3v) is 9.71. The highest BCUT2D eigenvalue weighted by atomic mass is 15.1. The number of benzene rings is 7. The Balaban J connectivity index is 1.20. The minimum Gasteiger partial charge on any atom is -0.299 e. The molecule has 6 nitrogen and oxygen atoms in total. The van der Waals surface area contributed by atoms with Gasteiger partial charge in [-0.05, 0) is 53.1 Å². The Morgan fingerprint density at radius 3 is 0.882 bits per heavy atom. The van der Waals surface area contributed by atoms with Crippen LogP contribution in [0, 0.1) is 0 Å². The molecule has 0 saturated heterocycles. The second-order valence-electron chi connectivity index (χ2n) is 12.7. The van der Waals surface area contributed by atoms with Gasteiger partial charge in [-0.25, -0.2) is 15.0 Å². The maximum absolute atomic E-state index is 4.97. The minimum atomic E-state index is 0.955. The SMILES string of the molecule is c1ccc(-c2cccc3c2ncn3-c2cc(-n3cnc4c(-c5ccccc5)cccc43)cc(-n3cnc4c(-c5ccccc5)cccc43)c2)cc1. The van der Waals surface area contributed by atoms with E-state index in [4.69, 9.17) is 15.0 Å². The molecule has 0 aliphatic rings. The summed E-state index contributed by atoms with van der Waals surface area (Å²) < 4.78 is 6.54. The molecule has 0 N–H and O–H groups in total. The van der Waals surface area contributed by atoms with Gasteiger partial charge in [0.2, 0.25) is 0 Å². The van der Waals surface area contributed by atoms with Crippen LogP contribution in [0.2, 0.25) is 0 Å². The van der Waals surface area contributed by atoms with Crippen molar-refractivity contribution in [3.63, 3.8) is 0 Å². The summed E-state index contributed by atoms with van der Waals surface area (Å²) in [7, 11) is 0. The molecule has 0 saturated carbocycles. The fraction of sp³-hybridized carbons (Fsp3) is 0. The van der Waals surface area contributed by atoms with E-state index in [9.17, 15) is 0 Å². The summed E-state index contributed by atoms with van der Waals surface area (Å²) in [4.78, 5) is 14.9. The van der Waals surface area contributed by atoms with E-state index in [1.807, 2.05) is 37.2 Å². The van der Waals surface area contributed by atoms with Crippen LogP contribution in [0.25, 0.3) is 83.5 Å². The lowest BCUT2D eigenvalue weighted by molar-refractivity contribution is 1.02. The Labute approximate surface area is 294 Å². The summed E-state index contributed by atoms with van der Waals surface area (Å²) in [5.41, 5.74) is 15.6. The highest BCUT2D eigenvalue weighted by molar-refractivity contribution is 5.95. The predicted octanol–water partition coefficient (Wildman–Crippen LogP) is 10.7. The summed E-state index contributed by atoms with van der Waals surface area (Å²) in [6.07, 6.45) is 5.79. The van der Waals surface area contributed by atoms with Crippen molar-refractivity contribution in [2.75, 3.05) is 0 Å². The van der Waals surface area contributed by atoms with Crippen molar-refractivity contribution in [2.45, 2.75) is 0 Å². The van der Waals surface area contributed by atoms with E-state index in [2.05, 4.69) is 159 Å². The van der Waals surface area contributed by atoms with Crippen LogP contribution in [-0.4, -0.2) is 28.7 Å². The normalized spacial score (nSPS) is 11.5. The van der Waals surface area contributed by atoms with Gasteiger partial charge in [-0.15, -0.1) is 0 Å². The molecule has 10 rings (SSSR count). The first-order valence-electron chi connectivity index (χ1n) is 17.0. The second kappa shape index (κ2) is 11.8. The van der Waals surface area contributed by atoms with Gasteiger partial charge in [0, 0.05) is 16.7 Å². The number of para-hydroxylation sites is 3. The largest absolute Gasteiger partial charge is 0.299 e. The van der Waals surface area contributed by atoms with E-state index >= 15 is 0 Å².